The van der Waals surface area contributed by atoms with Crippen molar-refractivity contribution >= 4 is 78.2 Å². The minimum Gasteiger partial charge on any atom is -0.308 e. The lowest BCUT2D eigenvalue weighted by atomic mass is 10.3. The molecule has 2 heterocycles. The second kappa shape index (κ2) is 8.71. The molecule has 0 radical (unpaired) electrons. The van der Waals surface area contributed by atoms with E-state index < -0.39 is 0 Å². The zero-order valence-corrected chi connectivity index (χ0v) is 18.5. The summed E-state index contributed by atoms with van der Waals surface area (Å²) in [7, 11) is 3.97. The van der Waals surface area contributed by atoms with Crippen LogP contribution in [0, 0.1) is 0 Å². The molecule has 0 saturated heterocycles. The lowest BCUT2D eigenvalue weighted by Crippen LogP contribution is -2.36. The smallest absolute Gasteiger partial charge is 0.289 e. The largest absolute Gasteiger partial charge is 0.308 e. The highest BCUT2D eigenvalue weighted by Gasteiger charge is 2.24. The first kappa shape index (κ1) is 21.0. The van der Waals surface area contributed by atoms with Crippen molar-refractivity contribution in [3.05, 3.63) is 52.5 Å². The van der Waals surface area contributed by atoms with Gasteiger partial charge in [-0.2, -0.15) is 0 Å². The molecule has 1 amide bonds. The molecule has 0 aliphatic carbocycles. The third-order valence-corrected chi connectivity index (χ3v) is 6.36. The first-order chi connectivity index (χ1) is 13.0. The molecule has 9 heteroatoms. The van der Waals surface area contributed by atoms with Crippen LogP contribution in [-0.2, 0) is 0 Å². The van der Waals surface area contributed by atoms with E-state index in [-0.39, 0.29) is 18.3 Å². The van der Waals surface area contributed by atoms with Gasteiger partial charge in [0, 0.05) is 18.1 Å². The summed E-state index contributed by atoms with van der Waals surface area (Å²) >= 11 is 8.98. The molecule has 0 N–H and O–H groups in total. The van der Waals surface area contributed by atoms with Crippen molar-refractivity contribution in [1.82, 2.24) is 14.9 Å². The van der Waals surface area contributed by atoms with Gasteiger partial charge in [-0.05, 0) is 44.4 Å². The van der Waals surface area contributed by atoms with Crippen LogP contribution in [0.25, 0.3) is 20.4 Å². The summed E-state index contributed by atoms with van der Waals surface area (Å²) in [5.74, 6) is -0.122. The highest BCUT2D eigenvalue weighted by molar-refractivity contribution is 7.23. The van der Waals surface area contributed by atoms with E-state index in [0.717, 1.165) is 27.0 Å². The average molecular weight is 453 g/mol. The molecule has 0 fully saturated rings. The fraction of sp³-hybridized carbons (Fsp3) is 0.211. The Hall–Kier alpha value is -1.77. The molecule has 2 aromatic heterocycles. The minimum absolute atomic E-state index is 0. The molecule has 0 saturated carbocycles. The number of hydrogen-bond donors (Lipinski definition) is 0. The molecule has 2 aromatic carbocycles. The SMILES string of the molecule is CN(C)CCN(C(=O)c1nc2ccccc2s1)c1nc2ccc(Cl)cc2s1.Cl. The molecular weight excluding hydrogens is 435 g/mol. The van der Waals surface area contributed by atoms with Crippen molar-refractivity contribution in [3.8, 4) is 0 Å². The number of aromatic nitrogens is 2. The van der Waals surface area contributed by atoms with Gasteiger partial charge in [-0.3, -0.25) is 9.69 Å². The number of anilines is 1. The van der Waals surface area contributed by atoms with Gasteiger partial charge in [0.05, 0.1) is 20.4 Å². The monoisotopic (exact) mass is 452 g/mol. The molecule has 4 aromatic rings. The van der Waals surface area contributed by atoms with Gasteiger partial charge >= 0.3 is 0 Å². The number of nitrogens with zero attached hydrogens (tertiary/aromatic N) is 4. The molecule has 0 spiro atoms. The predicted octanol–water partition coefficient (Wildman–Crippen LogP) is 5.19. The van der Waals surface area contributed by atoms with Gasteiger partial charge in [0.25, 0.3) is 5.91 Å². The number of thiazole rings is 2. The van der Waals surface area contributed by atoms with Crippen LogP contribution < -0.4 is 4.90 Å². The summed E-state index contributed by atoms with van der Waals surface area (Å²) < 4.78 is 1.97. The molecule has 0 aliphatic rings. The number of para-hydroxylation sites is 1. The Labute approximate surface area is 182 Å². The van der Waals surface area contributed by atoms with Crippen molar-refractivity contribution in [1.29, 1.82) is 0 Å². The normalized spacial score (nSPS) is 11.1. The number of benzene rings is 2. The third kappa shape index (κ3) is 4.29. The maximum absolute atomic E-state index is 13.3. The maximum Gasteiger partial charge on any atom is 0.289 e. The lowest BCUT2D eigenvalue weighted by molar-refractivity contribution is 0.0985. The van der Waals surface area contributed by atoms with Crippen molar-refractivity contribution in [2.75, 3.05) is 32.1 Å². The second-order valence-electron chi connectivity index (χ2n) is 6.36. The fourth-order valence-electron chi connectivity index (χ4n) is 2.66. The van der Waals surface area contributed by atoms with Gasteiger partial charge in [0.1, 0.15) is 0 Å². The van der Waals surface area contributed by atoms with Crippen LogP contribution in [0.4, 0.5) is 5.13 Å². The van der Waals surface area contributed by atoms with Crippen LogP contribution in [0.15, 0.2) is 42.5 Å². The first-order valence-corrected chi connectivity index (χ1v) is 10.4. The number of amides is 1. The van der Waals surface area contributed by atoms with Crippen molar-refractivity contribution < 1.29 is 4.79 Å². The average Bonchev–Trinajstić information content (AvgIpc) is 3.24. The van der Waals surface area contributed by atoms with Gasteiger partial charge in [-0.25, -0.2) is 9.97 Å². The third-order valence-electron chi connectivity index (χ3n) is 4.06. The number of halogens is 2. The molecule has 0 atom stereocenters. The molecule has 28 heavy (non-hydrogen) atoms. The van der Waals surface area contributed by atoms with Crippen LogP contribution in [-0.4, -0.2) is 48.0 Å². The van der Waals surface area contributed by atoms with Crippen molar-refractivity contribution in [2.45, 2.75) is 0 Å². The summed E-state index contributed by atoms with van der Waals surface area (Å²) in [4.78, 5) is 26.2. The second-order valence-corrected chi connectivity index (χ2v) is 8.83. The summed E-state index contributed by atoms with van der Waals surface area (Å²) in [6.45, 7) is 1.27. The van der Waals surface area contributed by atoms with E-state index in [1.165, 1.54) is 22.7 Å². The maximum atomic E-state index is 13.3. The molecule has 4 rings (SSSR count). The highest BCUT2D eigenvalue weighted by atomic mass is 35.5. The van der Waals surface area contributed by atoms with Gasteiger partial charge in [-0.15, -0.1) is 23.7 Å². The fourth-order valence-corrected chi connectivity index (χ4v) is 4.85. The van der Waals surface area contributed by atoms with E-state index in [9.17, 15) is 4.79 Å². The van der Waals surface area contributed by atoms with E-state index in [1.807, 2.05) is 61.5 Å². The standard InChI is InChI=1S/C19H17ClN4OS2.ClH/c1-23(2)9-10-24(19-22-14-8-7-12(20)11-16(14)27-19)18(25)17-21-13-5-3-4-6-15(13)26-17;/h3-8,11H,9-10H2,1-2H3;1H. The van der Waals surface area contributed by atoms with Gasteiger partial charge in [0.2, 0.25) is 0 Å². The van der Waals surface area contributed by atoms with Crippen molar-refractivity contribution in [2.24, 2.45) is 0 Å². The number of rotatable bonds is 5. The van der Waals surface area contributed by atoms with Crippen LogP contribution in [0.5, 0.6) is 0 Å². The Kier molecular flexibility index (Phi) is 6.52. The minimum atomic E-state index is -0.122. The van der Waals surface area contributed by atoms with Crippen LogP contribution in [0.3, 0.4) is 0 Å². The van der Waals surface area contributed by atoms with E-state index in [4.69, 9.17) is 11.6 Å². The molecule has 146 valence electrons. The van der Waals surface area contributed by atoms with Crippen LogP contribution in [0.2, 0.25) is 5.02 Å². The topological polar surface area (TPSA) is 49.3 Å². The van der Waals surface area contributed by atoms with Crippen LogP contribution in [0.1, 0.15) is 9.80 Å². The van der Waals surface area contributed by atoms with Crippen LogP contribution >= 0.6 is 46.7 Å². The van der Waals surface area contributed by atoms with E-state index in [2.05, 4.69) is 9.97 Å². The first-order valence-electron chi connectivity index (χ1n) is 8.39. The molecular formula is C19H18Cl2N4OS2. The predicted molar refractivity (Wildman–Crippen MR) is 122 cm³/mol. The van der Waals surface area contributed by atoms with Gasteiger partial charge in [0.15, 0.2) is 10.1 Å². The Morgan fingerprint density at radius 2 is 1.75 bits per heavy atom. The number of carbonyl (C=O) groups is 1. The molecule has 0 unspecified atom stereocenters. The van der Waals surface area contributed by atoms with E-state index in [0.29, 0.717) is 21.7 Å². The number of carbonyl (C=O) groups excluding carboxylic acids is 1. The Balaban J connectivity index is 0.00000225. The number of likely N-dealkylation sites (N-methyl/N-ethyl adjacent to an activating group) is 1. The summed E-state index contributed by atoms with van der Waals surface area (Å²) in [5.41, 5.74) is 1.68. The summed E-state index contributed by atoms with van der Waals surface area (Å²) in [6, 6.07) is 13.4. The Bertz CT molecular complexity index is 1090. The molecule has 0 bridgehead atoms. The molecule has 5 nitrogen and oxygen atoms in total. The van der Waals surface area contributed by atoms with Gasteiger partial charge in [-0.1, -0.05) is 35.1 Å². The summed E-state index contributed by atoms with van der Waals surface area (Å²) in [5, 5.41) is 1.81. The Morgan fingerprint density at radius 3 is 2.50 bits per heavy atom. The number of fused-ring (bicyclic) bond motifs is 2. The number of hydrogen-bond acceptors (Lipinski definition) is 6. The Morgan fingerprint density at radius 1 is 1.00 bits per heavy atom. The summed E-state index contributed by atoms with van der Waals surface area (Å²) in [6.07, 6.45) is 0. The van der Waals surface area contributed by atoms with Crippen molar-refractivity contribution in [3.63, 3.8) is 0 Å². The lowest BCUT2D eigenvalue weighted by Gasteiger charge is -2.20. The van der Waals surface area contributed by atoms with E-state index >= 15 is 0 Å². The zero-order valence-electron chi connectivity index (χ0n) is 15.3. The quantitative estimate of drug-likeness (QED) is 0.417. The van der Waals surface area contributed by atoms with E-state index in [1.54, 1.807) is 4.90 Å². The van der Waals surface area contributed by atoms with Gasteiger partial charge < -0.3 is 4.90 Å². The zero-order chi connectivity index (χ0) is 19.0. The molecule has 0 aliphatic heterocycles. The highest BCUT2D eigenvalue weighted by Crippen LogP contribution is 2.32.